The molecule has 0 aliphatic rings. The Morgan fingerprint density at radius 1 is 1.47 bits per heavy atom. The van der Waals surface area contributed by atoms with Crippen molar-refractivity contribution < 1.29 is 0 Å². The lowest BCUT2D eigenvalue weighted by Gasteiger charge is -2.16. The molecule has 0 bridgehead atoms. The summed E-state index contributed by atoms with van der Waals surface area (Å²) in [7, 11) is 1.96. The summed E-state index contributed by atoms with van der Waals surface area (Å²) < 4.78 is 2.85. The maximum Gasteiger partial charge on any atom is 0.156 e. The van der Waals surface area contributed by atoms with Crippen molar-refractivity contribution in [3.8, 4) is 0 Å². The molecule has 4 nitrogen and oxygen atoms in total. The van der Waals surface area contributed by atoms with E-state index >= 15 is 0 Å². The van der Waals surface area contributed by atoms with Crippen LogP contribution in [-0.4, -0.2) is 28.2 Å². The van der Waals surface area contributed by atoms with Crippen molar-refractivity contribution in [2.45, 2.75) is 19.8 Å². The van der Waals surface area contributed by atoms with E-state index < -0.39 is 0 Å². The quantitative estimate of drug-likeness (QED) is 0.942. The molecule has 0 saturated heterocycles. The molecule has 1 unspecified atom stereocenters. The van der Waals surface area contributed by atoms with Gasteiger partial charge in [-0.1, -0.05) is 29.8 Å². The number of hydrogen-bond acceptors (Lipinski definition) is 3. The average Bonchev–Trinajstić information content (AvgIpc) is 2.67. The summed E-state index contributed by atoms with van der Waals surface area (Å²) in [5.74, 6) is 1.77. The zero-order valence-corrected chi connectivity index (χ0v) is 11.9. The number of pyridine rings is 1. The van der Waals surface area contributed by atoms with Gasteiger partial charge in [-0.25, -0.2) is 9.50 Å². The molecule has 2 rings (SSSR count). The van der Waals surface area contributed by atoms with Crippen molar-refractivity contribution in [2.75, 3.05) is 13.6 Å². The van der Waals surface area contributed by atoms with E-state index in [9.17, 15) is 0 Å². The predicted octanol–water partition coefficient (Wildman–Crippen LogP) is 2.45. The van der Waals surface area contributed by atoms with Gasteiger partial charge in [0.25, 0.3) is 0 Å². The molecule has 5 heteroatoms. The largest absolute Gasteiger partial charge is 0.319 e. The Hall–Kier alpha value is -0.940. The molecule has 0 amide bonds. The Kier molecular flexibility index (Phi) is 3.79. The van der Waals surface area contributed by atoms with Crippen LogP contribution in [-0.2, 0) is 0 Å². The van der Waals surface area contributed by atoms with Crippen molar-refractivity contribution in [1.29, 1.82) is 0 Å². The van der Waals surface area contributed by atoms with Crippen molar-refractivity contribution in [3.05, 3.63) is 28.6 Å². The van der Waals surface area contributed by atoms with Gasteiger partial charge in [0, 0.05) is 23.1 Å². The van der Waals surface area contributed by atoms with E-state index in [2.05, 4.69) is 45.2 Å². The molecule has 2 aromatic rings. The van der Waals surface area contributed by atoms with Crippen molar-refractivity contribution in [1.82, 2.24) is 19.9 Å². The zero-order valence-electron chi connectivity index (χ0n) is 10.3. The van der Waals surface area contributed by atoms with Gasteiger partial charge in [-0.05, 0) is 25.1 Å². The first kappa shape index (κ1) is 12.5. The highest BCUT2D eigenvalue weighted by atomic mass is 79.9. The van der Waals surface area contributed by atoms with Gasteiger partial charge in [0.2, 0.25) is 0 Å². The second-order valence-corrected chi connectivity index (χ2v) is 5.44. The summed E-state index contributed by atoms with van der Waals surface area (Å²) in [6.07, 6.45) is 1.92. The lowest BCUT2D eigenvalue weighted by Crippen LogP contribution is -2.22. The minimum absolute atomic E-state index is 0.346. The van der Waals surface area contributed by atoms with Gasteiger partial charge in [0.1, 0.15) is 0 Å². The number of likely N-dealkylation sites (N-methyl/N-ethyl adjacent to an activating group) is 1. The van der Waals surface area contributed by atoms with Crippen LogP contribution in [0.1, 0.15) is 25.6 Å². The third-order valence-corrected chi connectivity index (χ3v) is 3.37. The summed E-state index contributed by atoms with van der Waals surface area (Å²) in [6, 6.07) is 3.95. The minimum Gasteiger partial charge on any atom is -0.319 e. The lowest BCUT2D eigenvalue weighted by molar-refractivity contribution is 0.458. The normalized spacial score (nSPS) is 13.5. The van der Waals surface area contributed by atoms with E-state index in [1.807, 2.05) is 29.9 Å². The van der Waals surface area contributed by atoms with E-state index in [4.69, 9.17) is 0 Å². The SMILES string of the molecule is CNCC(c1nc2cc(Br)ccn2n1)C(C)C. The highest BCUT2D eigenvalue weighted by Crippen LogP contribution is 2.22. The average molecular weight is 297 g/mol. The van der Waals surface area contributed by atoms with E-state index in [0.717, 1.165) is 22.5 Å². The minimum atomic E-state index is 0.346. The number of nitrogens with one attached hydrogen (secondary N) is 1. The fraction of sp³-hybridized carbons (Fsp3) is 0.500. The first-order valence-electron chi connectivity index (χ1n) is 5.78. The maximum absolute atomic E-state index is 4.60. The molecule has 0 radical (unpaired) electrons. The maximum atomic E-state index is 4.60. The standard InChI is InChI=1S/C12H17BrN4/c1-8(2)10(7-14-3)12-15-11-6-9(13)4-5-17(11)16-12/h4-6,8,10,14H,7H2,1-3H3. The zero-order chi connectivity index (χ0) is 12.4. The third-order valence-electron chi connectivity index (χ3n) is 2.88. The molecule has 2 heterocycles. The number of aromatic nitrogens is 3. The molecule has 1 N–H and O–H groups in total. The topological polar surface area (TPSA) is 42.2 Å². The first-order valence-corrected chi connectivity index (χ1v) is 6.57. The molecule has 0 fully saturated rings. The van der Waals surface area contributed by atoms with Gasteiger partial charge in [-0.3, -0.25) is 0 Å². The van der Waals surface area contributed by atoms with Crippen LogP contribution in [0.3, 0.4) is 0 Å². The van der Waals surface area contributed by atoms with Crippen molar-refractivity contribution >= 4 is 21.6 Å². The summed E-state index contributed by atoms with van der Waals surface area (Å²) in [6.45, 7) is 5.29. The summed E-state index contributed by atoms with van der Waals surface area (Å²) in [4.78, 5) is 4.60. The van der Waals surface area contributed by atoms with Crippen LogP contribution in [0.4, 0.5) is 0 Å². The molecule has 17 heavy (non-hydrogen) atoms. The van der Waals surface area contributed by atoms with Crippen molar-refractivity contribution in [2.24, 2.45) is 5.92 Å². The Labute approximate surface area is 110 Å². The van der Waals surface area contributed by atoms with Gasteiger partial charge in [-0.2, -0.15) is 5.10 Å². The van der Waals surface area contributed by atoms with Crippen LogP contribution < -0.4 is 5.32 Å². The second kappa shape index (κ2) is 5.14. The highest BCUT2D eigenvalue weighted by molar-refractivity contribution is 9.10. The molecule has 92 valence electrons. The number of hydrogen-bond donors (Lipinski definition) is 1. The summed E-state index contributed by atoms with van der Waals surface area (Å²) in [5, 5.41) is 7.74. The summed E-state index contributed by atoms with van der Waals surface area (Å²) >= 11 is 3.44. The number of fused-ring (bicyclic) bond motifs is 1. The van der Waals surface area contributed by atoms with Crippen molar-refractivity contribution in [3.63, 3.8) is 0 Å². The molecule has 0 spiro atoms. The number of nitrogens with zero attached hydrogens (tertiary/aromatic N) is 3. The van der Waals surface area contributed by atoms with Gasteiger partial charge in [0.05, 0.1) is 0 Å². The Balaban J connectivity index is 2.40. The lowest BCUT2D eigenvalue weighted by atomic mass is 9.95. The highest BCUT2D eigenvalue weighted by Gasteiger charge is 2.19. The van der Waals surface area contributed by atoms with Gasteiger partial charge in [-0.15, -0.1) is 0 Å². The fourth-order valence-electron chi connectivity index (χ4n) is 1.88. The molecule has 2 aromatic heterocycles. The van der Waals surface area contributed by atoms with E-state index in [0.29, 0.717) is 11.8 Å². The van der Waals surface area contributed by atoms with E-state index in [1.54, 1.807) is 0 Å². The number of halogens is 1. The van der Waals surface area contributed by atoms with Gasteiger partial charge in [0.15, 0.2) is 11.5 Å². The second-order valence-electron chi connectivity index (χ2n) is 4.53. The third kappa shape index (κ3) is 2.66. The van der Waals surface area contributed by atoms with Crippen LogP contribution in [0.2, 0.25) is 0 Å². The Morgan fingerprint density at radius 2 is 2.24 bits per heavy atom. The van der Waals surface area contributed by atoms with E-state index in [-0.39, 0.29) is 0 Å². The van der Waals surface area contributed by atoms with Crippen LogP contribution in [0, 0.1) is 5.92 Å². The van der Waals surface area contributed by atoms with Gasteiger partial charge < -0.3 is 5.32 Å². The van der Waals surface area contributed by atoms with Crippen LogP contribution in [0.25, 0.3) is 5.65 Å². The molecule has 0 aliphatic carbocycles. The molecular weight excluding hydrogens is 280 g/mol. The molecule has 0 saturated carbocycles. The smallest absolute Gasteiger partial charge is 0.156 e. The summed E-state index contributed by atoms with van der Waals surface area (Å²) in [5.41, 5.74) is 0.885. The van der Waals surface area contributed by atoms with Gasteiger partial charge >= 0.3 is 0 Å². The monoisotopic (exact) mass is 296 g/mol. The first-order chi connectivity index (χ1) is 8.11. The Bertz CT molecular complexity index is 506. The number of rotatable bonds is 4. The Morgan fingerprint density at radius 3 is 2.88 bits per heavy atom. The van der Waals surface area contributed by atoms with Crippen LogP contribution in [0.15, 0.2) is 22.8 Å². The van der Waals surface area contributed by atoms with Crippen LogP contribution in [0.5, 0.6) is 0 Å². The van der Waals surface area contributed by atoms with Crippen LogP contribution >= 0.6 is 15.9 Å². The predicted molar refractivity (Wildman–Crippen MR) is 72.2 cm³/mol. The fourth-order valence-corrected chi connectivity index (χ4v) is 2.20. The molecular formula is C12H17BrN4. The van der Waals surface area contributed by atoms with E-state index in [1.165, 1.54) is 0 Å². The molecule has 0 aromatic carbocycles. The molecule has 1 atom stereocenters. The molecule has 0 aliphatic heterocycles.